The van der Waals surface area contributed by atoms with Crippen molar-refractivity contribution in [2.45, 2.75) is 69.6 Å². The van der Waals surface area contributed by atoms with Crippen molar-refractivity contribution >= 4 is 17.8 Å². The molecule has 0 bridgehead atoms. The number of nitrogens with one attached hydrogen (secondary N) is 1. The second-order valence-electron chi connectivity index (χ2n) is 7.90. The molecule has 2 unspecified atom stereocenters. The van der Waals surface area contributed by atoms with Crippen LogP contribution in [-0.4, -0.2) is 57.1 Å². The predicted octanol–water partition coefficient (Wildman–Crippen LogP) is 1.90. The Morgan fingerprint density at radius 2 is 1.89 bits per heavy atom. The number of aliphatic carboxylic acids is 2. The lowest BCUT2D eigenvalue weighted by molar-refractivity contribution is -0.151. The van der Waals surface area contributed by atoms with Crippen LogP contribution in [-0.2, 0) is 20.8 Å². The number of carboxylic acids is 2. The van der Waals surface area contributed by atoms with Gasteiger partial charge in [0.1, 0.15) is 12.1 Å². The van der Waals surface area contributed by atoms with Crippen molar-refractivity contribution in [2.75, 3.05) is 0 Å². The minimum Gasteiger partial charge on any atom is -0.480 e. The normalized spacial score (nSPS) is 25.9. The molecule has 1 amide bonds. The monoisotopic (exact) mass is 388 g/mol. The predicted molar refractivity (Wildman–Crippen MR) is 103 cm³/mol. The first-order chi connectivity index (χ1) is 13.4. The lowest BCUT2D eigenvalue weighted by Gasteiger charge is -2.31. The number of carbonyl (C=O) groups excluding carboxylic acids is 1. The topological polar surface area (TPSA) is 107 Å². The molecule has 1 heterocycles. The number of carboxylic acid groups (broad SMARTS) is 2. The fourth-order valence-corrected chi connectivity index (χ4v) is 4.66. The maximum absolute atomic E-state index is 13.0. The maximum atomic E-state index is 13.0. The average molecular weight is 388 g/mol. The van der Waals surface area contributed by atoms with Crippen LogP contribution in [0.15, 0.2) is 30.3 Å². The Morgan fingerprint density at radius 1 is 1.18 bits per heavy atom. The number of likely N-dealkylation sites (tertiary alicyclic amines) is 1. The van der Waals surface area contributed by atoms with Crippen LogP contribution in [0.25, 0.3) is 0 Å². The molecular formula is C21H28N2O5. The molecule has 1 saturated heterocycles. The quantitative estimate of drug-likeness (QED) is 0.628. The Bertz CT molecular complexity index is 723. The number of nitrogens with zero attached hydrogens (tertiary/aromatic N) is 1. The number of aryl methyl sites for hydroxylation is 1. The summed E-state index contributed by atoms with van der Waals surface area (Å²) < 4.78 is 0. The highest BCUT2D eigenvalue weighted by atomic mass is 16.4. The highest BCUT2D eigenvalue weighted by Crippen LogP contribution is 2.41. The molecule has 2 aliphatic rings. The van der Waals surface area contributed by atoms with E-state index < -0.39 is 30.1 Å². The number of hydrogen-bond donors (Lipinski definition) is 3. The van der Waals surface area contributed by atoms with Gasteiger partial charge in [0.05, 0.1) is 6.04 Å². The Kier molecular flexibility index (Phi) is 6.34. The lowest BCUT2D eigenvalue weighted by Crippen LogP contribution is -2.55. The number of benzene rings is 1. The third kappa shape index (κ3) is 4.35. The summed E-state index contributed by atoms with van der Waals surface area (Å²) in [4.78, 5) is 37.9. The minimum atomic E-state index is -1.01. The second-order valence-corrected chi connectivity index (χ2v) is 7.90. The molecule has 1 aliphatic heterocycles. The number of fused-ring (bicyclic) bond motifs is 1. The average Bonchev–Trinajstić information content (AvgIpc) is 3.26. The van der Waals surface area contributed by atoms with Crippen molar-refractivity contribution in [3.05, 3.63) is 35.9 Å². The second kappa shape index (κ2) is 8.73. The molecule has 5 atom stereocenters. The van der Waals surface area contributed by atoms with Crippen LogP contribution in [0.4, 0.5) is 0 Å². The van der Waals surface area contributed by atoms with Gasteiger partial charge in [-0.25, -0.2) is 4.79 Å². The van der Waals surface area contributed by atoms with E-state index in [1.807, 2.05) is 30.3 Å². The summed E-state index contributed by atoms with van der Waals surface area (Å²) in [6, 6.07) is 7.13. The van der Waals surface area contributed by atoms with E-state index in [4.69, 9.17) is 0 Å². The van der Waals surface area contributed by atoms with Crippen molar-refractivity contribution in [2.24, 2.45) is 5.92 Å². The van der Waals surface area contributed by atoms with Crippen LogP contribution in [0, 0.1) is 5.92 Å². The number of hydrogen-bond acceptors (Lipinski definition) is 4. The summed E-state index contributed by atoms with van der Waals surface area (Å²) in [6.07, 6.45) is 4.21. The van der Waals surface area contributed by atoms with E-state index >= 15 is 0 Å². The molecule has 3 rings (SSSR count). The summed E-state index contributed by atoms with van der Waals surface area (Å²) in [5, 5.41) is 22.0. The molecule has 3 N–H and O–H groups in total. The molecule has 152 valence electrons. The fraction of sp³-hybridized carbons (Fsp3) is 0.571. The molecule has 1 aliphatic carbocycles. The number of rotatable bonds is 8. The molecule has 28 heavy (non-hydrogen) atoms. The molecule has 1 saturated carbocycles. The van der Waals surface area contributed by atoms with Gasteiger partial charge < -0.3 is 15.1 Å². The first-order valence-corrected chi connectivity index (χ1v) is 9.96. The van der Waals surface area contributed by atoms with E-state index in [1.54, 1.807) is 6.92 Å². The van der Waals surface area contributed by atoms with Crippen molar-refractivity contribution in [1.82, 2.24) is 10.2 Å². The van der Waals surface area contributed by atoms with Crippen LogP contribution < -0.4 is 5.32 Å². The van der Waals surface area contributed by atoms with Gasteiger partial charge in [0.15, 0.2) is 0 Å². The lowest BCUT2D eigenvalue weighted by atomic mass is 10.0. The smallest absolute Gasteiger partial charge is 0.326 e. The molecule has 0 aromatic heterocycles. The summed E-state index contributed by atoms with van der Waals surface area (Å²) in [5.74, 6) is -2.06. The Morgan fingerprint density at radius 3 is 2.54 bits per heavy atom. The zero-order valence-corrected chi connectivity index (χ0v) is 16.1. The highest BCUT2D eigenvalue weighted by molar-refractivity contribution is 5.88. The van der Waals surface area contributed by atoms with E-state index in [0.717, 1.165) is 24.8 Å². The zero-order valence-electron chi connectivity index (χ0n) is 16.1. The van der Waals surface area contributed by atoms with Crippen LogP contribution in [0.5, 0.6) is 0 Å². The van der Waals surface area contributed by atoms with Crippen LogP contribution in [0.1, 0.15) is 44.6 Å². The Labute approximate surface area is 164 Å². The van der Waals surface area contributed by atoms with E-state index in [2.05, 4.69) is 5.32 Å². The standard InChI is InChI=1S/C21H28N2O5/c1-13(22-16(20(25)26)11-10-14-6-3-2-4-7-14)19(24)23-17-9-5-8-15(17)12-18(23)21(27)28/h2-4,6-7,13,15-18,22H,5,8-12H2,1H3,(H,25,26)(H,27,28)/t13-,15?,16-,17-,18?/m0/s1. The molecule has 7 heteroatoms. The third-order valence-electron chi connectivity index (χ3n) is 6.06. The first-order valence-electron chi connectivity index (χ1n) is 9.96. The molecule has 7 nitrogen and oxygen atoms in total. The summed E-state index contributed by atoms with van der Waals surface area (Å²) in [5.41, 5.74) is 1.04. The van der Waals surface area contributed by atoms with Gasteiger partial charge >= 0.3 is 11.9 Å². The van der Waals surface area contributed by atoms with Gasteiger partial charge in [-0.1, -0.05) is 36.8 Å². The summed E-state index contributed by atoms with van der Waals surface area (Å²) in [7, 11) is 0. The van der Waals surface area contributed by atoms with Gasteiger partial charge in [0.2, 0.25) is 5.91 Å². The fourth-order valence-electron chi connectivity index (χ4n) is 4.66. The molecule has 1 aromatic carbocycles. The largest absolute Gasteiger partial charge is 0.480 e. The van der Waals surface area contributed by atoms with E-state index in [1.165, 1.54) is 4.90 Å². The van der Waals surface area contributed by atoms with Gasteiger partial charge in [-0.05, 0) is 50.5 Å². The van der Waals surface area contributed by atoms with E-state index in [0.29, 0.717) is 19.3 Å². The summed E-state index contributed by atoms with van der Waals surface area (Å²) in [6.45, 7) is 1.63. The van der Waals surface area contributed by atoms with Crippen LogP contribution in [0.2, 0.25) is 0 Å². The molecule has 0 radical (unpaired) electrons. The Hall–Kier alpha value is -2.41. The van der Waals surface area contributed by atoms with Gasteiger partial charge in [0.25, 0.3) is 0 Å². The van der Waals surface area contributed by atoms with E-state index in [9.17, 15) is 24.6 Å². The van der Waals surface area contributed by atoms with Gasteiger partial charge in [-0.15, -0.1) is 0 Å². The van der Waals surface area contributed by atoms with Crippen LogP contribution >= 0.6 is 0 Å². The third-order valence-corrected chi connectivity index (χ3v) is 6.06. The van der Waals surface area contributed by atoms with Gasteiger partial charge in [0, 0.05) is 6.04 Å². The molecule has 1 aromatic rings. The van der Waals surface area contributed by atoms with Crippen LogP contribution in [0.3, 0.4) is 0 Å². The number of amides is 1. The maximum Gasteiger partial charge on any atom is 0.326 e. The first kappa shape index (κ1) is 20.3. The van der Waals surface area contributed by atoms with Gasteiger partial charge in [-0.3, -0.25) is 14.9 Å². The summed E-state index contributed by atoms with van der Waals surface area (Å²) >= 11 is 0. The van der Waals surface area contributed by atoms with Gasteiger partial charge in [-0.2, -0.15) is 0 Å². The Balaban J connectivity index is 1.65. The zero-order chi connectivity index (χ0) is 20.3. The van der Waals surface area contributed by atoms with Crippen molar-refractivity contribution < 1.29 is 24.6 Å². The van der Waals surface area contributed by atoms with E-state index in [-0.39, 0.29) is 17.9 Å². The molecule has 0 spiro atoms. The molecular weight excluding hydrogens is 360 g/mol. The highest BCUT2D eigenvalue weighted by Gasteiger charge is 2.49. The molecule has 2 fully saturated rings. The minimum absolute atomic E-state index is 0.0366. The SMILES string of the molecule is C[C@H](N[C@@H](CCc1ccccc1)C(=O)O)C(=O)N1C(C(=O)O)CC2CCC[C@@H]21. The van der Waals surface area contributed by atoms with Crippen molar-refractivity contribution in [1.29, 1.82) is 0 Å². The van der Waals surface area contributed by atoms with Crippen molar-refractivity contribution in [3.63, 3.8) is 0 Å². The van der Waals surface area contributed by atoms with Crippen molar-refractivity contribution in [3.8, 4) is 0 Å². The number of carbonyl (C=O) groups is 3.